The van der Waals surface area contributed by atoms with Gasteiger partial charge < -0.3 is 5.32 Å². The zero-order valence-corrected chi connectivity index (χ0v) is 13.2. The summed E-state index contributed by atoms with van der Waals surface area (Å²) >= 11 is 1.55. The fraction of sp³-hybridized carbons (Fsp3) is 0.235. The summed E-state index contributed by atoms with van der Waals surface area (Å²) in [6.07, 6.45) is 0.387. The molecule has 0 unspecified atom stereocenters. The number of amides is 3. The summed E-state index contributed by atoms with van der Waals surface area (Å²) in [7, 11) is 0. The molecule has 0 bridgehead atoms. The molecule has 2 aromatic rings. The maximum Gasteiger partial charge on any atom is 0.240 e. The Hall–Kier alpha value is -2.47. The molecule has 1 aliphatic rings. The average Bonchev–Trinajstić information content (AvgIpc) is 3.19. The Labute approximate surface area is 137 Å². The second-order valence-electron chi connectivity index (χ2n) is 5.30. The van der Waals surface area contributed by atoms with Crippen LogP contribution in [0.1, 0.15) is 29.3 Å². The Bertz CT molecular complexity index is 697. The van der Waals surface area contributed by atoms with Crippen LogP contribution in [0.25, 0.3) is 0 Å². The molecule has 23 heavy (non-hydrogen) atoms. The highest BCUT2D eigenvalue weighted by Gasteiger charge is 2.31. The van der Waals surface area contributed by atoms with Crippen LogP contribution in [0.15, 0.2) is 47.8 Å². The zero-order valence-electron chi connectivity index (χ0n) is 12.4. The van der Waals surface area contributed by atoms with Crippen LogP contribution < -0.4 is 5.32 Å². The molecule has 1 aliphatic heterocycles. The minimum Gasteiger partial charge on any atom is -0.343 e. The lowest BCUT2D eigenvalue weighted by Crippen LogP contribution is -2.41. The van der Waals surface area contributed by atoms with Crippen molar-refractivity contribution >= 4 is 29.1 Å². The van der Waals surface area contributed by atoms with E-state index < -0.39 is 0 Å². The van der Waals surface area contributed by atoms with Gasteiger partial charge in [-0.05, 0) is 17.0 Å². The smallest absolute Gasteiger partial charge is 0.240 e. The Morgan fingerprint density at radius 2 is 1.78 bits per heavy atom. The number of nitrogens with one attached hydrogen (secondary N) is 1. The van der Waals surface area contributed by atoms with E-state index in [1.807, 2.05) is 47.8 Å². The van der Waals surface area contributed by atoms with Gasteiger partial charge in [-0.25, -0.2) is 0 Å². The van der Waals surface area contributed by atoms with Crippen molar-refractivity contribution in [3.05, 3.63) is 58.3 Å². The van der Waals surface area contributed by atoms with E-state index in [1.54, 1.807) is 11.3 Å². The van der Waals surface area contributed by atoms with Crippen LogP contribution in [0.3, 0.4) is 0 Å². The van der Waals surface area contributed by atoms with Crippen LogP contribution in [0.4, 0.5) is 0 Å². The van der Waals surface area contributed by atoms with Gasteiger partial charge in [0.05, 0.1) is 6.04 Å². The first-order valence-corrected chi connectivity index (χ1v) is 8.24. The van der Waals surface area contributed by atoms with Crippen molar-refractivity contribution in [3.63, 3.8) is 0 Å². The van der Waals surface area contributed by atoms with Crippen molar-refractivity contribution in [1.29, 1.82) is 0 Å². The fourth-order valence-corrected chi connectivity index (χ4v) is 3.37. The molecule has 0 radical (unpaired) electrons. The van der Waals surface area contributed by atoms with Crippen molar-refractivity contribution in [2.45, 2.75) is 18.9 Å². The van der Waals surface area contributed by atoms with Gasteiger partial charge in [-0.15, -0.1) is 11.3 Å². The van der Waals surface area contributed by atoms with Gasteiger partial charge in [-0.3, -0.25) is 19.3 Å². The molecule has 5 nitrogen and oxygen atoms in total. The van der Waals surface area contributed by atoms with Gasteiger partial charge in [0.2, 0.25) is 17.7 Å². The van der Waals surface area contributed by atoms with Crippen LogP contribution in [0, 0.1) is 0 Å². The number of thiophene rings is 1. The van der Waals surface area contributed by atoms with Crippen LogP contribution in [0.5, 0.6) is 0 Å². The highest BCUT2D eigenvalue weighted by atomic mass is 32.1. The van der Waals surface area contributed by atoms with E-state index in [0.717, 1.165) is 15.3 Å². The molecule has 1 saturated heterocycles. The van der Waals surface area contributed by atoms with Crippen molar-refractivity contribution in [2.75, 3.05) is 6.54 Å². The van der Waals surface area contributed by atoms with Crippen molar-refractivity contribution < 1.29 is 14.4 Å². The molecule has 0 aliphatic carbocycles. The summed E-state index contributed by atoms with van der Waals surface area (Å²) < 4.78 is 0. The van der Waals surface area contributed by atoms with Gasteiger partial charge >= 0.3 is 0 Å². The third-order valence-corrected chi connectivity index (χ3v) is 4.66. The highest BCUT2D eigenvalue weighted by molar-refractivity contribution is 7.10. The molecule has 1 atom stereocenters. The van der Waals surface area contributed by atoms with Gasteiger partial charge in [-0.2, -0.15) is 0 Å². The number of hydrogen-bond donors (Lipinski definition) is 1. The molecule has 6 heteroatoms. The topological polar surface area (TPSA) is 66.5 Å². The minimum absolute atomic E-state index is 0.194. The largest absolute Gasteiger partial charge is 0.343 e. The van der Waals surface area contributed by atoms with Crippen molar-refractivity contribution in [3.8, 4) is 0 Å². The van der Waals surface area contributed by atoms with Gasteiger partial charge in [-0.1, -0.05) is 36.4 Å². The van der Waals surface area contributed by atoms with Crippen molar-refractivity contribution in [2.24, 2.45) is 0 Å². The van der Waals surface area contributed by atoms with E-state index in [1.165, 1.54) is 0 Å². The molecule has 2 heterocycles. The first-order valence-electron chi connectivity index (χ1n) is 7.36. The Morgan fingerprint density at radius 1 is 1.09 bits per heavy atom. The molecule has 1 aromatic heterocycles. The second-order valence-corrected chi connectivity index (χ2v) is 6.28. The van der Waals surface area contributed by atoms with E-state index in [0.29, 0.717) is 0 Å². The van der Waals surface area contributed by atoms with Crippen LogP contribution in [-0.4, -0.2) is 29.2 Å². The summed E-state index contributed by atoms with van der Waals surface area (Å²) in [4.78, 5) is 37.6. The molecule has 118 valence electrons. The summed E-state index contributed by atoms with van der Waals surface area (Å²) in [6, 6.07) is 13.2. The number of imide groups is 1. The number of likely N-dealkylation sites (tertiary alicyclic amines) is 1. The quantitative estimate of drug-likeness (QED) is 0.855. The van der Waals surface area contributed by atoms with E-state index in [2.05, 4.69) is 5.32 Å². The predicted molar refractivity (Wildman–Crippen MR) is 86.7 cm³/mol. The molecule has 1 fully saturated rings. The predicted octanol–water partition coefficient (Wildman–Crippen LogP) is 2.10. The fourth-order valence-electron chi connectivity index (χ4n) is 2.57. The number of carbonyl (C=O) groups is 3. The lowest BCUT2D eigenvalue weighted by molar-refractivity contribution is -0.142. The van der Waals surface area contributed by atoms with Gasteiger partial charge in [0.25, 0.3) is 0 Å². The molecule has 3 rings (SSSR count). The molecule has 0 saturated carbocycles. The molecule has 1 aromatic carbocycles. The average molecular weight is 328 g/mol. The Kier molecular flexibility index (Phi) is 4.52. The molecular formula is C17H16N2O3S. The van der Waals surface area contributed by atoms with E-state index in [4.69, 9.17) is 0 Å². The zero-order chi connectivity index (χ0) is 16.2. The lowest BCUT2D eigenvalue weighted by Gasteiger charge is -2.20. The van der Waals surface area contributed by atoms with E-state index >= 15 is 0 Å². The Morgan fingerprint density at radius 3 is 2.39 bits per heavy atom. The lowest BCUT2D eigenvalue weighted by atomic mass is 10.1. The number of carbonyl (C=O) groups excluding carboxylic acids is 3. The first-order chi connectivity index (χ1) is 11.1. The summed E-state index contributed by atoms with van der Waals surface area (Å²) in [5.74, 6) is -0.897. The maximum absolute atomic E-state index is 12.3. The van der Waals surface area contributed by atoms with Gasteiger partial charge in [0.15, 0.2) is 0 Å². The SMILES string of the molecule is O=C(CN1C(=O)CCC1=O)N[C@@H](c1ccccc1)c1cccs1. The minimum atomic E-state index is -0.337. The van der Waals surface area contributed by atoms with Crippen molar-refractivity contribution in [1.82, 2.24) is 10.2 Å². The first kappa shape index (κ1) is 15.4. The molecule has 3 amide bonds. The standard InChI is InChI=1S/C17H16N2O3S/c20-14(11-19-15(21)8-9-16(19)22)18-17(13-7-4-10-23-13)12-5-2-1-3-6-12/h1-7,10,17H,8-9,11H2,(H,18,20)/t17-/m0/s1. The molecular weight excluding hydrogens is 312 g/mol. The van der Waals surface area contributed by atoms with Gasteiger partial charge in [0.1, 0.15) is 6.54 Å². The normalized spacial score (nSPS) is 15.7. The maximum atomic E-state index is 12.3. The monoisotopic (exact) mass is 328 g/mol. The third kappa shape index (κ3) is 3.48. The number of nitrogens with zero attached hydrogens (tertiary/aromatic N) is 1. The molecule has 0 spiro atoms. The summed E-state index contributed by atoms with van der Waals surface area (Å²) in [5, 5.41) is 4.88. The van der Waals surface area contributed by atoms with Gasteiger partial charge in [0, 0.05) is 17.7 Å². The summed E-state index contributed by atoms with van der Waals surface area (Å²) in [6.45, 7) is -0.216. The second kappa shape index (κ2) is 6.75. The van der Waals surface area contributed by atoms with E-state index in [9.17, 15) is 14.4 Å². The van der Waals surface area contributed by atoms with Crippen LogP contribution >= 0.6 is 11.3 Å². The third-order valence-electron chi connectivity index (χ3n) is 3.72. The summed E-state index contributed by atoms with van der Waals surface area (Å²) in [5.41, 5.74) is 0.961. The number of benzene rings is 1. The Balaban J connectivity index is 1.75. The van der Waals surface area contributed by atoms with E-state index in [-0.39, 0.29) is 43.1 Å². The van der Waals surface area contributed by atoms with Crippen LogP contribution in [-0.2, 0) is 14.4 Å². The van der Waals surface area contributed by atoms with Crippen LogP contribution in [0.2, 0.25) is 0 Å². The highest BCUT2D eigenvalue weighted by Crippen LogP contribution is 2.26. The number of rotatable bonds is 5. The molecule has 1 N–H and O–H groups in total. The number of hydrogen-bond acceptors (Lipinski definition) is 4.